The molecule has 4 nitrogen and oxygen atoms in total. The van der Waals surface area contributed by atoms with E-state index < -0.39 is 23.5 Å². The minimum Gasteiger partial charge on any atom is -0.296 e. The summed E-state index contributed by atoms with van der Waals surface area (Å²) in [5.74, 6) is -1.30. The average Bonchev–Trinajstić information content (AvgIpc) is 3.07. The molecule has 1 amide bonds. The number of rotatable bonds is 5. The molecule has 1 N–H and O–H groups in total. The molecule has 10 heteroatoms. The van der Waals surface area contributed by atoms with Gasteiger partial charge in [0.2, 0.25) is 5.13 Å². The van der Waals surface area contributed by atoms with Crippen molar-refractivity contribution in [3.8, 4) is 0 Å². The third-order valence-electron chi connectivity index (χ3n) is 3.42. The zero-order valence-corrected chi connectivity index (χ0v) is 15.1. The molecule has 0 aliphatic heterocycles. The quantitative estimate of drug-likeness (QED) is 0.353. The molecule has 0 spiro atoms. The van der Waals surface area contributed by atoms with Crippen molar-refractivity contribution in [2.75, 3.05) is 5.32 Å². The number of carbonyl (C=O) groups is 1. The fraction of sp³-hybridized carbons (Fsp3) is 0.118. The Kier molecular flexibility index (Phi) is 5.76. The maximum atomic E-state index is 13.6. The minimum atomic E-state index is -4.43. The highest BCUT2D eigenvalue weighted by Crippen LogP contribution is 2.35. The minimum absolute atomic E-state index is 0.0472. The van der Waals surface area contributed by atoms with E-state index in [1.807, 2.05) is 0 Å². The Morgan fingerprint density at radius 1 is 1.07 bits per heavy atom. The van der Waals surface area contributed by atoms with Crippen LogP contribution in [0.1, 0.15) is 21.5 Å². The van der Waals surface area contributed by atoms with Gasteiger partial charge in [-0.2, -0.15) is 13.2 Å². The van der Waals surface area contributed by atoms with E-state index in [1.54, 1.807) is 0 Å². The number of thioether (sulfide) groups is 1. The summed E-state index contributed by atoms with van der Waals surface area (Å²) < 4.78 is 53.0. The topological polar surface area (TPSA) is 54.9 Å². The number of hydrogen-bond acceptors (Lipinski definition) is 5. The number of alkyl halides is 3. The lowest BCUT2D eigenvalue weighted by atomic mass is 10.1. The van der Waals surface area contributed by atoms with Crippen LogP contribution in [-0.4, -0.2) is 16.1 Å². The van der Waals surface area contributed by atoms with Crippen LogP contribution in [0.2, 0.25) is 0 Å². The van der Waals surface area contributed by atoms with Gasteiger partial charge >= 0.3 is 6.18 Å². The van der Waals surface area contributed by atoms with Crippen LogP contribution in [0, 0.1) is 5.82 Å². The fourth-order valence-electron chi connectivity index (χ4n) is 2.19. The smallest absolute Gasteiger partial charge is 0.296 e. The van der Waals surface area contributed by atoms with E-state index in [9.17, 15) is 22.4 Å². The van der Waals surface area contributed by atoms with E-state index in [-0.39, 0.29) is 22.0 Å². The molecule has 1 heterocycles. The highest BCUT2D eigenvalue weighted by atomic mass is 32.2. The molecule has 0 radical (unpaired) electrons. The molecule has 2 aromatic carbocycles. The molecule has 27 heavy (non-hydrogen) atoms. The molecule has 140 valence electrons. The normalized spacial score (nSPS) is 11.4. The van der Waals surface area contributed by atoms with Gasteiger partial charge < -0.3 is 0 Å². The summed E-state index contributed by atoms with van der Waals surface area (Å²) in [7, 11) is 0. The zero-order valence-electron chi connectivity index (χ0n) is 13.5. The predicted octanol–water partition coefficient (Wildman–Crippen LogP) is 5.24. The van der Waals surface area contributed by atoms with Gasteiger partial charge in [0.25, 0.3) is 5.91 Å². The maximum absolute atomic E-state index is 13.6. The Bertz CT molecular complexity index is 959. The second-order valence-electron chi connectivity index (χ2n) is 5.25. The molecule has 0 saturated heterocycles. The number of nitrogens with one attached hydrogen (secondary N) is 1. The third kappa shape index (κ3) is 4.83. The first-order valence-corrected chi connectivity index (χ1v) is 9.32. The average molecular weight is 413 g/mol. The molecule has 3 aromatic rings. The lowest BCUT2D eigenvalue weighted by Gasteiger charge is -2.11. The Labute approximate surface area is 159 Å². The zero-order chi connectivity index (χ0) is 19.4. The van der Waals surface area contributed by atoms with E-state index in [0.29, 0.717) is 4.34 Å². The second kappa shape index (κ2) is 8.05. The molecule has 0 bridgehead atoms. The van der Waals surface area contributed by atoms with Gasteiger partial charge in [0, 0.05) is 5.75 Å². The Hall–Kier alpha value is -2.46. The summed E-state index contributed by atoms with van der Waals surface area (Å²) in [4.78, 5) is 12.0. The van der Waals surface area contributed by atoms with Gasteiger partial charge in [0.15, 0.2) is 4.34 Å². The van der Waals surface area contributed by atoms with Crippen LogP contribution in [0.4, 0.5) is 22.7 Å². The summed E-state index contributed by atoms with van der Waals surface area (Å²) >= 11 is 2.07. The maximum Gasteiger partial charge on any atom is 0.416 e. The van der Waals surface area contributed by atoms with Crippen LogP contribution in [0.25, 0.3) is 0 Å². The van der Waals surface area contributed by atoms with Crippen LogP contribution >= 0.6 is 23.1 Å². The molecule has 0 aliphatic rings. The summed E-state index contributed by atoms with van der Waals surface area (Å²) in [6, 6.07) is 10.8. The molecular formula is C17H11F4N3OS2. The standard InChI is InChI=1S/C17H11F4N3OS2/c18-13-8-4-2-6-11(13)14(25)22-15-23-24-16(27-15)26-9-10-5-1-3-7-12(10)17(19,20)21/h1-8H,9H2,(H,22,23,25). The first-order valence-electron chi connectivity index (χ1n) is 7.52. The highest BCUT2D eigenvalue weighted by Gasteiger charge is 2.32. The van der Waals surface area contributed by atoms with Crippen molar-refractivity contribution in [1.82, 2.24) is 10.2 Å². The number of amides is 1. The summed E-state index contributed by atoms with van der Waals surface area (Å²) in [6.07, 6.45) is -4.43. The second-order valence-corrected chi connectivity index (χ2v) is 7.45. The highest BCUT2D eigenvalue weighted by molar-refractivity contribution is 8.00. The molecule has 0 aliphatic carbocycles. The SMILES string of the molecule is O=C(Nc1nnc(SCc2ccccc2C(F)(F)F)s1)c1ccccc1F. The van der Waals surface area contributed by atoms with E-state index in [4.69, 9.17) is 0 Å². The third-order valence-corrected chi connectivity index (χ3v) is 5.44. The van der Waals surface area contributed by atoms with Crippen LogP contribution in [-0.2, 0) is 11.9 Å². The summed E-state index contributed by atoms with van der Waals surface area (Å²) in [5.41, 5.74) is -0.710. The molecule has 0 atom stereocenters. The lowest BCUT2D eigenvalue weighted by Crippen LogP contribution is -2.13. The van der Waals surface area contributed by atoms with Gasteiger partial charge in [-0.05, 0) is 23.8 Å². The van der Waals surface area contributed by atoms with E-state index in [0.717, 1.165) is 35.2 Å². The Morgan fingerprint density at radius 3 is 2.52 bits per heavy atom. The number of halogens is 4. The van der Waals surface area contributed by atoms with E-state index in [1.165, 1.54) is 36.4 Å². The number of nitrogens with zero attached hydrogens (tertiary/aromatic N) is 2. The van der Waals surface area contributed by atoms with Crippen molar-refractivity contribution in [3.05, 3.63) is 71.0 Å². The van der Waals surface area contributed by atoms with E-state index in [2.05, 4.69) is 15.5 Å². The number of carbonyl (C=O) groups excluding carboxylic acids is 1. The molecular weight excluding hydrogens is 402 g/mol. The molecule has 3 rings (SSSR count). The van der Waals surface area contributed by atoms with Crippen LogP contribution < -0.4 is 5.32 Å². The van der Waals surface area contributed by atoms with Crippen LogP contribution in [0.3, 0.4) is 0 Å². The number of anilines is 1. The molecule has 0 saturated carbocycles. The number of benzene rings is 2. The van der Waals surface area contributed by atoms with Gasteiger partial charge in [-0.15, -0.1) is 10.2 Å². The molecule has 1 aromatic heterocycles. The lowest BCUT2D eigenvalue weighted by molar-refractivity contribution is -0.138. The first-order chi connectivity index (χ1) is 12.8. The monoisotopic (exact) mass is 413 g/mol. The largest absolute Gasteiger partial charge is 0.416 e. The van der Waals surface area contributed by atoms with Gasteiger partial charge in [-0.3, -0.25) is 10.1 Å². The Morgan fingerprint density at radius 2 is 1.78 bits per heavy atom. The Balaban J connectivity index is 1.66. The number of hydrogen-bond donors (Lipinski definition) is 1. The van der Waals surface area contributed by atoms with Gasteiger partial charge in [-0.25, -0.2) is 4.39 Å². The molecule has 0 unspecified atom stereocenters. The van der Waals surface area contributed by atoms with Crippen molar-refractivity contribution < 1.29 is 22.4 Å². The van der Waals surface area contributed by atoms with Crippen LogP contribution in [0.5, 0.6) is 0 Å². The van der Waals surface area contributed by atoms with Gasteiger partial charge in [0.05, 0.1) is 11.1 Å². The van der Waals surface area contributed by atoms with E-state index >= 15 is 0 Å². The van der Waals surface area contributed by atoms with Gasteiger partial charge in [-0.1, -0.05) is 53.4 Å². The summed E-state index contributed by atoms with van der Waals surface area (Å²) in [6.45, 7) is 0. The predicted molar refractivity (Wildman–Crippen MR) is 95.3 cm³/mol. The van der Waals surface area contributed by atoms with Crippen molar-refractivity contribution in [2.45, 2.75) is 16.3 Å². The number of aromatic nitrogens is 2. The van der Waals surface area contributed by atoms with Crippen molar-refractivity contribution in [2.24, 2.45) is 0 Å². The fourth-order valence-corrected chi connectivity index (χ4v) is 3.94. The first kappa shape index (κ1) is 19.3. The van der Waals surface area contributed by atoms with Gasteiger partial charge in [0.1, 0.15) is 5.82 Å². The van der Waals surface area contributed by atoms with Crippen molar-refractivity contribution >= 4 is 34.1 Å². The van der Waals surface area contributed by atoms with Crippen molar-refractivity contribution in [1.29, 1.82) is 0 Å². The molecule has 0 fully saturated rings. The summed E-state index contributed by atoms with van der Waals surface area (Å²) in [5, 5.41) is 10.2. The van der Waals surface area contributed by atoms with Crippen LogP contribution in [0.15, 0.2) is 52.9 Å². The van der Waals surface area contributed by atoms with Crippen molar-refractivity contribution in [3.63, 3.8) is 0 Å².